The van der Waals surface area contributed by atoms with E-state index in [4.69, 9.17) is 0 Å². The molecule has 0 fully saturated rings. The maximum atomic E-state index is 12.2. The molecule has 1 aromatic rings. The molecule has 0 atom stereocenters. The molecule has 0 aromatic heterocycles. The van der Waals surface area contributed by atoms with Crippen LogP contribution in [0.1, 0.15) is 13.8 Å². The molecule has 0 aliphatic carbocycles. The Balaban J connectivity index is 3.13. The smallest absolute Gasteiger partial charge is 0.243 e. The summed E-state index contributed by atoms with van der Waals surface area (Å²) in [4.78, 5) is 0.0978. The van der Waals surface area contributed by atoms with Gasteiger partial charge in [0.25, 0.3) is 0 Å². The van der Waals surface area contributed by atoms with E-state index in [0.29, 0.717) is 6.54 Å². The fourth-order valence-electron chi connectivity index (χ4n) is 1.46. The van der Waals surface area contributed by atoms with Crippen LogP contribution in [-0.2, 0) is 10.0 Å². The topological polar surface area (TPSA) is 57.6 Å². The Bertz CT molecular complexity index is 508. The van der Waals surface area contributed by atoms with Crippen molar-refractivity contribution in [3.8, 4) is 5.75 Å². The molecule has 0 bridgehead atoms. The van der Waals surface area contributed by atoms with Gasteiger partial charge < -0.3 is 5.11 Å². The van der Waals surface area contributed by atoms with Crippen molar-refractivity contribution < 1.29 is 13.5 Å². The second-order valence-electron chi connectivity index (χ2n) is 3.89. The van der Waals surface area contributed by atoms with Crippen molar-refractivity contribution in [2.75, 3.05) is 13.1 Å². The van der Waals surface area contributed by atoms with Crippen LogP contribution in [-0.4, -0.2) is 30.9 Å². The SMILES string of the molecule is C=C(C)CN(CC)S(=O)(=O)c1cccc(O)c1. The predicted octanol–water partition coefficient (Wildman–Crippen LogP) is 1.98. The molecule has 0 spiro atoms. The highest BCUT2D eigenvalue weighted by molar-refractivity contribution is 7.89. The quantitative estimate of drug-likeness (QED) is 0.818. The van der Waals surface area contributed by atoms with Gasteiger partial charge in [-0.2, -0.15) is 4.31 Å². The molecule has 0 amide bonds. The summed E-state index contributed by atoms with van der Waals surface area (Å²) in [6, 6.07) is 5.66. The second-order valence-corrected chi connectivity index (χ2v) is 5.82. The van der Waals surface area contributed by atoms with Crippen LogP contribution in [0.4, 0.5) is 0 Å². The molecular formula is C12H17NO3S. The van der Waals surface area contributed by atoms with Gasteiger partial charge in [0.15, 0.2) is 0 Å². The Hall–Kier alpha value is -1.33. The number of benzene rings is 1. The van der Waals surface area contributed by atoms with E-state index in [1.54, 1.807) is 13.8 Å². The number of sulfonamides is 1. The van der Waals surface area contributed by atoms with Crippen LogP contribution in [0.3, 0.4) is 0 Å². The Morgan fingerprint density at radius 3 is 2.59 bits per heavy atom. The van der Waals surface area contributed by atoms with Crippen LogP contribution in [0.15, 0.2) is 41.3 Å². The zero-order chi connectivity index (χ0) is 13.1. The second kappa shape index (κ2) is 5.33. The number of likely N-dealkylation sites (N-methyl/N-ethyl adjacent to an activating group) is 1. The number of hydrogen-bond acceptors (Lipinski definition) is 3. The fourth-order valence-corrected chi connectivity index (χ4v) is 3.01. The molecule has 0 radical (unpaired) electrons. The van der Waals surface area contributed by atoms with Gasteiger partial charge in [-0.3, -0.25) is 0 Å². The van der Waals surface area contributed by atoms with Gasteiger partial charge in [0.05, 0.1) is 4.90 Å². The van der Waals surface area contributed by atoms with Gasteiger partial charge >= 0.3 is 0 Å². The maximum absolute atomic E-state index is 12.2. The van der Waals surface area contributed by atoms with Crippen molar-refractivity contribution in [2.45, 2.75) is 18.7 Å². The van der Waals surface area contributed by atoms with Crippen molar-refractivity contribution in [1.82, 2.24) is 4.31 Å². The first kappa shape index (κ1) is 13.7. The average Bonchev–Trinajstić information content (AvgIpc) is 2.25. The number of phenols is 1. The van der Waals surface area contributed by atoms with Gasteiger partial charge in [-0.25, -0.2) is 8.42 Å². The molecule has 1 aromatic carbocycles. The van der Waals surface area contributed by atoms with Crippen LogP contribution >= 0.6 is 0 Å². The molecule has 0 heterocycles. The molecule has 0 saturated heterocycles. The lowest BCUT2D eigenvalue weighted by atomic mass is 10.3. The molecule has 17 heavy (non-hydrogen) atoms. The third-order valence-electron chi connectivity index (χ3n) is 2.25. The Kier molecular flexibility index (Phi) is 4.31. The van der Waals surface area contributed by atoms with Crippen molar-refractivity contribution >= 4 is 10.0 Å². The van der Waals surface area contributed by atoms with Crippen LogP contribution in [0.25, 0.3) is 0 Å². The van der Waals surface area contributed by atoms with Gasteiger partial charge in [0, 0.05) is 13.1 Å². The minimum Gasteiger partial charge on any atom is -0.508 e. The predicted molar refractivity (Wildman–Crippen MR) is 67.4 cm³/mol. The summed E-state index contributed by atoms with van der Waals surface area (Å²) in [6.07, 6.45) is 0. The first-order chi connectivity index (χ1) is 7.87. The van der Waals surface area contributed by atoms with Crippen LogP contribution in [0, 0.1) is 0 Å². The zero-order valence-corrected chi connectivity index (χ0v) is 10.9. The highest BCUT2D eigenvalue weighted by Gasteiger charge is 2.22. The fraction of sp³-hybridized carbons (Fsp3) is 0.333. The summed E-state index contributed by atoms with van der Waals surface area (Å²) in [7, 11) is -3.56. The monoisotopic (exact) mass is 255 g/mol. The van der Waals surface area contributed by atoms with Gasteiger partial charge in [0.1, 0.15) is 5.75 Å². The zero-order valence-electron chi connectivity index (χ0n) is 10.0. The van der Waals surface area contributed by atoms with Gasteiger partial charge in [-0.1, -0.05) is 25.1 Å². The van der Waals surface area contributed by atoms with E-state index in [0.717, 1.165) is 5.57 Å². The van der Waals surface area contributed by atoms with Crippen molar-refractivity contribution in [1.29, 1.82) is 0 Å². The molecule has 0 aliphatic rings. The van der Waals surface area contributed by atoms with E-state index in [1.165, 1.54) is 28.6 Å². The third-order valence-corrected chi connectivity index (χ3v) is 4.17. The van der Waals surface area contributed by atoms with E-state index in [1.807, 2.05) is 0 Å². The Morgan fingerprint density at radius 2 is 2.12 bits per heavy atom. The average molecular weight is 255 g/mol. The summed E-state index contributed by atoms with van der Waals surface area (Å²) in [6.45, 7) is 7.91. The van der Waals surface area contributed by atoms with Crippen LogP contribution in [0.2, 0.25) is 0 Å². The van der Waals surface area contributed by atoms with Crippen LogP contribution in [0.5, 0.6) is 5.75 Å². The van der Waals surface area contributed by atoms with E-state index in [9.17, 15) is 13.5 Å². The van der Waals surface area contributed by atoms with Crippen molar-refractivity contribution in [2.24, 2.45) is 0 Å². The molecule has 1 rings (SSSR count). The molecule has 94 valence electrons. The minimum absolute atomic E-state index is 0.0579. The standard InChI is InChI=1S/C12H17NO3S/c1-4-13(9-10(2)3)17(15,16)12-7-5-6-11(14)8-12/h5-8,14H,2,4,9H2,1,3H3. The Labute approximate surface area is 102 Å². The highest BCUT2D eigenvalue weighted by atomic mass is 32.2. The van der Waals surface area contributed by atoms with Gasteiger partial charge in [0.2, 0.25) is 10.0 Å². The lowest BCUT2D eigenvalue weighted by Gasteiger charge is -2.20. The number of phenolic OH excluding ortho intramolecular Hbond substituents is 1. The first-order valence-corrected chi connectivity index (χ1v) is 6.75. The summed E-state index contributed by atoms with van der Waals surface area (Å²) < 4.78 is 25.8. The van der Waals surface area contributed by atoms with E-state index in [2.05, 4.69) is 6.58 Å². The number of hydrogen-bond donors (Lipinski definition) is 1. The lowest BCUT2D eigenvalue weighted by Crippen LogP contribution is -2.32. The number of aromatic hydroxyl groups is 1. The molecule has 1 N–H and O–H groups in total. The molecule has 0 saturated carbocycles. The van der Waals surface area contributed by atoms with Gasteiger partial charge in [-0.15, -0.1) is 0 Å². The summed E-state index contributed by atoms with van der Waals surface area (Å²) >= 11 is 0. The lowest BCUT2D eigenvalue weighted by molar-refractivity contribution is 0.449. The maximum Gasteiger partial charge on any atom is 0.243 e. The van der Waals surface area contributed by atoms with Crippen molar-refractivity contribution in [3.63, 3.8) is 0 Å². The number of rotatable bonds is 5. The van der Waals surface area contributed by atoms with E-state index in [-0.39, 0.29) is 17.2 Å². The largest absolute Gasteiger partial charge is 0.508 e. The molecular weight excluding hydrogens is 238 g/mol. The van der Waals surface area contributed by atoms with Crippen LogP contribution < -0.4 is 0 Å². The summed E-state index contributed by atoms with van der Waals surface area (Å²) in [5.74, 6) is -0.0579. The van der Waals surface area contributed by atoms with Crippen molar-refractivity contribution in [3.05, 3.63) is 36.4 Å². The summed E-state index contributed by atoms with van der Waals surface area (Å²) in [5.41, 5.74) is 0.774. The van der Waals surface area contributed by atoms with E-state index >= 15 is 0 Å². The Morgan fingerprint density at radius 1 is 1.47 bits per heavy atom. The molecule has 0 unspecified atom stereocenters. The molecule has 0 aliphatic heterocycles. The minimum atomic E-state index is -3.56. The molecule has 5 heteroatoms. The number of nitrogens with zero attached hydrogens (tertiary/aromatic N) is 1. The third kappa shape index (κ3) is 3.31. The normalized spacial score (nSPS) is 11.7. The summed E-state index contributed by atoms with van der Waals surface area (Å²) in [5, 5.41) is 9.31. The van der Waals surface area contributed by atoms with Gasteiger partial charge in [-0.05, 0) is 25.1 Å². The van der Waals surface area contributed by atoms with E-state index < -0.39 is 10.0 Å². The highest BCUT2D eigenvalue weighted by Crippen LogP contribution is 2.20. The first-order valence-electron chi connectivity index (χ1n) is 5.31. The molecule has 4 nitrogen and oxygen atoms in total.